The number of halogens is 1. The summed E-state index contributed by atoms with van der Waals surface area (Å²) in [5.74, 6) is -0.349. The topological polar surface area (TPSA) is 53.5 Å². The molecule has 2 aliphatic heterocycles. The molecule has 1 aromatic heterocycles. The fourth-order valence-electron chi connectivity index (χ4n) is 2.63. The highest BCUT2D eigenvalue weighted by Gasteiger charge is 2.56. The third-order valence-corrected chi connectivity index (χ3v) is 5.18. The maximum atomic E-state index is 12.2. The average Bonchev–Trinajstić information content (AvgIpc) is 2.61. The van der Waals surface area contributed by atoms with Gasteiger partial charge in [0.2, 0.25) is 0 Å². The lowest BCUT2D eigenvalue weighted by Crippen LogP contribution is -2.56. The van der Waals surface area contributed by atoms with Gasteiger partial charge in [-0.2, -0.15) is 0 Å². The van der Waals surface area contributed by atoms with E-state index in [9.17, 15) is 9.59 Å². The van der Waals surface area contributed by atoms with Gasteiger partial charge in [-0.15, -0.1) is 0 Å². The van der Waals surface area contributed by atoms with Gasteiger partial charge in [-0.05, 0) is 18.6 Å². The highest BCUT2D eigenvalue weighted by atomic mass is 35.5. The number of fused-ring (bicyclic) bond motifs is 3. The van der Waals surface area contributed by atoms with Gasteiger partial charge in [-0.3, -0.25) is 14.5 Å². The molecule has 0 bridgehead atoms. The van der Waals surface area contributed by atoms with E-state index in [1.54, 1.807) is 29.0 Å². The Labute approximate surface area is 119 Å². The van der Waals surface area contributed by atoms with E-state index in [0.717, 1.165) is 0 Å². The minimum absolute atomic E-state index is 0.390. The van der Waals surface area contributed by atoms with Gasteiger partial charge in [0.05, 0.1) is 5.69 Å². The van der Waals surface area contributed by atoms with Crippen LogP contribution in [0.1, 0.15) is 13.3 Å². The Hall–Kier alpha value is -1.27. The van der Waals surface area contributed by atoms with E-state index < -0.39 is 17.5 Å². The highest BCUT2D eigenvalue weighted by Crippen LogP contribution is 2.47. The fraction of sp³-hybridized carbons (Fsp3) is 0.417. The van der Waals surface area contributed by atoms with Crippen molar-refractivity contribution >= 4 is 40.9 Å². The third-order valence-electron chi connectivity index (χ3n) is 3.78. The maximum Gasteiger partial charge on any atom is 0.318 e. The molecule has 1 atom stereocenters. The minimum atomic E-state index is -0.582. The van der Waals surface area contributed by atoms with E-state index in [0.29, 0.717) is 28.0 Å². The van der Waals surface area contributed by atoms with Crippen LogP contribution in [0, 0.1) is 0 Å². The summed E-state index contributed by atoms with van der Waals surface area (Å²) in [6.45, 7) is 1.98. The van der Waals surface area contributed by atoms with E-state index >= 15 is 0 Å². The predicted molar refractivity (Wildman–Crippen MR) is 73.2 cm³/mol. The molecule has 0 spiro atoms. The van der Waals surface area contributed by atoms with Crippen molar-refractivity contribution in [2.75, 3.05) is 17.7 Å². The Balaban J connectivity index is 2.20. The van der Waals surface area contributed by atoms with Crippen molar-refractivity contribution in [3.63, 3.8) is 0 Å². The fourth-order valence-corrected chi connectivity index (χ4v) is 4.19. The molecular formula is C12H12ClN3O2S. The van der Waals surface area contributed by atoms with Gasteiger partial charge in [0, 0.05) is 12.8 Å². The van der Waals surface area contributed by atoms with Crippen molar-refractivity contribution in [3.8, 4) is 0 Å². The Morgan fingerprint density at radius 3 is 2.84 bits per heavy atom. The van der Waals surface area contributed by atoms with Crippen LogP contribution in [0.15, 0.2) is 17.2 Å². The molecule has 1 saturated heterocycles. The maximum absolute atomic E-state index is 12.2. The van der Waals surface area contributed by atoms with Crippen molar-refractivity contribution in [2.24, 2.45) is 0 Å². The molecule has 19 heavy (non-hydrogen) atoms. The summed E-state index contributed by atoms with van der Waals surface area (Å²) < 4.78 is 0. The van der Waals surface area contributed by atoms with E-state index in [2.05, 4.69) is 4.98 Å². The molecule has 0 N–H and O–H groups in total. The Morgan fingerprint density at radius 1 is 1.42 bits per heavy atom. The zero-order valence-corrected chi connectivity index (χ0v) is 12.1. The summed E-state index contributed by atoms with van der Waals surface area (Å²) in [6.07, 6.45) is 0.677. The van der Waals surface area contributed by atoms with Gasteiger partial charge in [-0.25, -0.2) is 4.98 Å². The largest absolute Gasteiger partial charge is 0.318 e. The normalized spacial score (nSPS) is 25.6. The van der Waals surface area contributed by atoms with Gasteiger partial charge in [0.1, 0.15) is 15.8 Å². The molecule has 7 heteroatoms. The summed E-state index contributed by atoms with van der Waals surface area (Å²) in [6, 6.07) is 3.40. The van der Waals surface area contributed by atoms with Crippen molar-refractivity contribution in [3.05, 3.63) is 17.3 Å². The number of carbonyl (C=O) groups excluding carboxylic acids is 2. The van der Waals surface area contributed by atoms with Crippen LogP contribution in [0.4, 0.5) is 5.69 Å². The molecule has 3 heterocycles. The number of anilines is 1. The van der Waals surface area contributed by atoms with Gasteiger partial charge in [-0.1, -0.05) is 30.3 Å². The standard InChI is InChI=1S/C12H12ClN3O2S/c1-3-12-6-19-9-7(4-5-8(13)14-9)16(12)11(18)10(17)15(12)2/h4-5H,3,6H2,1-2H3/t12-/m0/s1. The summed E-state index contributed by atoms with van der Waals surface area (Å²) >= 11 is 7.40. The zero-order chi connectivity index (χ0) is 13.8. The summed E-state index contributed by atoms with van der Waals surface area (Å²) in [7, 11) is 1.68. The van der Waals surface area contributed by atoms with Crippen molar-refractivity contribution < 1.29 is 9.59 Å². The van der Waals surface area contributed by atoms with Gasteiger partial charge in [0.25, 0.3) is 0 Å². The minimum Gasteiger partial charge on any atom is -0.313 e. The Morgan fingerprint density at radius 2 is 2.16 bits per heavy atom. The SMILES string of the molecule is CC[C@@]12CSc3nc(Cl)ccc3N1C(=O)C(=O)N2C. The lowest BCUT2D eigenvalue weighted by atomic mass is 10.1. The van der Waals surface area contributed by atoms with Crippen LogP contribution in [-0.2, 0) is 9.59 Å². The second kappa shape index (κ2) is 4.11. The number of nitrogens with zero attached hydrogens (tertiary/aromatic N) is 3. The molecular weight excluding hydrogens is 286 g/mol. The molecule has 0 radical (unpaired) electrons. The number of pyridine rings is 1. The molecule has 0 aliphatic carbocycles. The number of likely N-dealkylation sites (N-methyl/N-ethyl adjacent to an activating group) is 1. The second-order valence-corrected chi connectivity index (χ2v) is 5.94. The predicted octanol–water partition coefficient (Wildman–Crippen LogP) is 1.75. The molecule has 0 saturated carbocycles. The van der Waals surface area contributed by atoms with Crippen LogP contribution in [0.2, 0.25) is 5.15 Å². The monoisotopic (exact) mass is 297 g/mol. The van der Waals surface area contributed by atoms with Gasteiger partial charge < -0.3 is 4.90 Å². The molecule has 1 aromatic rings. The van der Waals surface area contributed by atoms with Crippen LogP contribution >= 0.6 is 23.4 Å². The van der Waals surface area contributed by atoms with Crippen LogP contribution in [-0.4, -0.2) is 40.2 Å². The number of hydrogen-bond acceptors (Lipinski definition) is 4. The van der Waals surface area contributed by atoms with Gasteiger partial charge in [0.15, 0.2) is 0 Å². The first-order chi connectivity index (χ1) is 9.01. The summed E-state index contributed by atoms with van der Waals surface area (Å²) in [4.78, 5) is 31.6. The van der Waals surface area contributed by atoms with E-state index in [1.807, 2.05) is 6.92 Å². The lowest BCUT2D eigenvalue weighted by Gasteiger charge is -2.44. The van der Waals surface area contributed by atoms with Crippen molar-refractivity contribution in [1.82, 2.24) is 9.88 Å². The lowest BCUT2D eigenvalue weighted by molar-refractivity contribution is -0.140. The van der Waals surface area contributed by atoms with E-state index in [4.69, 9.17) is 11.6 Å². The molecule has 1 fully saturated rings. The molecule has 0 aromatic carbocycles. The number of aromatic nitrogens is 1. The van der Waals surface area contributed by atoms with E-state index in [-0.39, 0.29) is 0 Å². The molecule has 2 amide bonds. The van der Waals surface area contributed by atoms with Crippen LogP contribution in [0.25, 0.3) is 0 Å². The average molecular weight is 298 g/mol. The number of rotatable bonds is 1. The number of carbonyl (C=O) groups is 2. The van der Waals surface area contributed by atoms with Crippen LogP contribution in [0.5, 0.6) is 0 Å². The first kappa shape index (κ1) is 12.7. The molecule has 5 nitrogen and oxygen atoms in total. The summed E-state index contributed by atoms with van der Waals surface area (Å²) in [5.41, 5.74) is 0.0895. The zero-order valence-electron chi connectivity index (χ0n) is 10.5. The van der Waals surface area contributed by atoms with Crippen molar-refractivity contribution in [1.29, 1.82) is 0 Å². The highest BCUT2D eigenvalue weighted by molar-refractivity contribution is 7.99. The third kappa shape index (κ3) is 1.53. The quantitative estimate of drug-likeness (QED) is 0.585. The number of hydrogen-bond donors (Lipinski definition) is 0. The Bertz CT molecular complexity index is 594. The first-order valence-corrected chi connectivity index (χ1v) is 7.29. The first-order valence-electron chi connectivity index (χ1n) is 5.93. The molecule has 2 aliphatic rings. The molecule has 0 unspecified atom stereocenters. The smallest absolute Gasteiger partial charge is 0.313 e. The second-order valence-electron chi connectivity index (χ2n) is 4.59. The molecule has 3 rings (SSSR count). The van der Waals surface area contributed by atoms with E-state index in [1.165, 1.54) is 11.8 Å². The Kier molecular flexibility index (Phi) is 2.76. The molecule has 100 valence electrons. The van der Waals surface area contributed by atoms with Crippen molar-refractivity contribution in [2.45, 2.75) is 24.0 Å². The van der Waals surface area contributed by atoms with Crippen LogP contribution < -0.4 is 4.90 Å². The number of thioether (sulfide) groups is 1. The van der Waals surface area contributed by atoms with Crippen LogP contribution in [0.3, 0.4) is 0 Å². The number of amides is 2. The summed E-state index contributed by atoms with van der Waals surface area (Å²) in [5, 5.41) is 1.09. The van der Waals surface area contributed by atoms with Gasteiger partial charge >= 0.3 is 11.8 Å².